The highest BCUT2D eigenvalue weighted by atomic mass is 79.9. The molecular weight excluding hydrogens is 709 g/mol. The summed E-state index contributed by atoms with van der Waals surface area (Å²) in [7, 11) is -4.21. The van der Waals surface area contributed by atoms with Crippen molar-refractivity contribution < 1.29 is 18.0 Å². The molecule has 0 aliphatic rings. The molecule has 0 radical (unpaired) electrons. The van der Waals surface area contributed by atoms with Crippen LogP contribution in [0.15, 0.2) is 106 Å². The van der Waals surface area contributed by atoms with Gasteiger partial charge in [-0.2, -0.15) is 0 Å². The van der Waals surface area contributed by atoms with Crippen LogP contribution < -0.4 is 9.62 Å². The number of carbonyl (C=O) groups excluding carboxylic acids is 2. The summed E-state index contributed by atoms with van der Waals surface area (Å²) in [4.78, 5) is 30.0. The molecule has 11 heteroatoms. The minimum Gasteiger partial charge on any atom is -0.350 e. The van der Waals surface area contributed by atoms with Crippen molar-refractivity contribution in [3.63, 3.8) is 0 Å². The largest absolute Gasteiger partial charge is 0.350 e. The lowest BCUT2D eigenvalue weighted by atomic mass is 10.0. The summed E-state index contributed by atoms with van der Waals surface area (Å²) in [6.45, 7) is 6.80. The van der Waals surface area contributed by atoms with Gasteiger partial charge in [-0.05, 0) is 87.4 Å². The highest BCUT2D eigenvalue weighted by Crippen LogP contribution is 2.28. The monoisotopic (exact) mass is 743 g/mol. The third-order valence-corrected chi connectivity index (χ3v) is 10.0. The normalized spacial score (nSPS) is 12.3. The van der Waals surface area contributed by atoms with Gasteiger partial charge in [-0.25, -0.2) is 8.42 Å². The van der Waals surface area contributed by atoms with E-state index in [2.05, 4.69) is 21.2 Å². The third kappa shape index (κ3) is 9.35. The quantitative estimate of drug-likeness (QED) is 0.170. The van der Waals surface area contributed by atoms with Crippen molar-refractivity contribution in [2.45, 2.75) is 57.1 Å². The van der Waals surface area contributed by atoms with Crippen LogP contribution >= 0.6 is 39.1 Å². The molecule has 0 saturated heterocycles. The van der Waals surface area contributed by atoms with E-state index in [-0.39, 0.29) is 23.8 Å². The van der Waals surface area contributed by atoms with Crippen molar-refractivity contribution in [3.05, 3.63) is 128 Å². The molecular formula is C35H36BrCl2N3O4S. The van der Waals surface area contributed by atoms with Crippen LogP contribution in [0.5, 0.6) is 0 Å². The average Bonchev–Trinajstić information content (AvgIpc) is 2.99. The Morgan fingerprint density at radius 3 is 2.11 bits per heavy atom. The number of aryl methyl sites for hydroxylation is 1. The molecule has 7 nitrogen and oxygen atoms in total. The SMILES string of the molecule is Cc1ccc(S(=O)(=O)N(CC(=O)N(Cc2ccc(Cl)cc2Cl)C(Cc2ccccc2)C(=O)NC(C)(C)C)c2ccc(Br)cc2)cc1. The lowest BCUT2D eigenvalue weighted by Gasteiger charge is -2.35. The van der Waals surface area contributed by atoms with Crippen LogP contribution in [0, 0.1) is 6.92 Å². The molecule has 0 aliphatic carbocycles. The van der Waals surface area contributed by atoms with Crippen LogP contribution in [-0.4, -0.2) is 43.3 Å². The molecule has 0 aromatic heterocycles. The number of amides is 2. The minimum absolute atomic E-state index is 0.0347. The zero-order valence-electron chi connectivity index (χ0n) is 26.0. The lowest BCUT2D eigenvalue weighted by molar-refractivity contribution is -0.140. The molecule has 1 unspecified atom stereocenters. The van der Waals surface area contributed by atoms with Crippen molar-refractivity contribution >= 4 is 66.7 Å². The van der Waals surface area contributed by atoms with Gasteiger partial charge < -0.3 is 10.2 Å². The van der Waals surface area contributed by atoms with Gasteiger partial charge in [0.15, 0.2) is 0 Å². The second-order valence-electron chi connectivity index (χ2n) is 12.0. The van der Waals surface area contributed by atoms with Crippen LogP contribution in [0.25, 0.3) is 0 Å². The first kappa shape index (κ1) is 35.5. The molecule has 0 bridgehead atoms. The summed E-state index contributed by atoms with van der Waals surface area (Å²) in [5, 5.41) is 3.75. The van der Waals surface area contributed by atoms with Gasteiger partial charge in [0.25, 0.3) is 10.0 Å². The summed E-state index contributed by atoms with van der Waals surface area (Å²) < 4.78 is 30.1. The van der Waals surface area contributed by atoms with Crippen molar-refractivity contribution in [1.29, 1.82) is 0 Å². The van der Waals surface area contributed by atoms with E-state index in [1.165, 1.54) is 17.0 Å². The maximum absolute atomic E-state index is 14.6. The van der Waals surface area contributed by atoms with Crippen LogP contribution in [0.3, 0.4) is 0 Å². The predicted octanol–water partition coefficient (Wildman–Crippen LogP) is 7.81. The Hall–Kier alpha value is -3.37. The fraction of sp³-hybridized carbons (Fsp3) is 0.257. The smallest absolute Gasteiger partial charge is 0.264 e. The van der Waals surface area contributed by atoms with E-state index >= 15 is 0 Å². The summed E-state index contributed by atoms with van der Waals surface area (Å²) in [6.07, 6.45) is 0.183. The van der Waals surface area contributed by atoms with E-state index in [1.54, 1.807) is 54.6 Å². The number of nitrogens with zero attached hydrogens (tertiary/aromatic N) is 2. The summed E-state index contributed by atoms with van der Waals surface area (Å²) in [5.74, 6) is -0.971. The molecule has 4 rings (SSSR count). The van der Waals surface area contributed by atoms with E-state index in [0.717, 1.165) is 19.9 Å². The zero-order chi connectivity index (χ0) is 33.6. The average molecular weight is 746 g/mol. The highest BCUT2D eigenvalue weighted by molar-refractivity contribution is 9.10. The first-order chi connectivity index (χ1) is 21.6. The Bertz CT molecular complexity index is 1780. The van der Waals surface area contributed by atoms with Crippen molar-refractivity contribution in [2.75, 3.05) is 10.8 Å². The highest BCUT2D eigenvalue weighted by Gasteiger charge is 2.36. The Morgan fingerprint density at radius 1 is 0.891 bits per heavy atom. The Labute approximate surface area is 289 Å². The minimum atomic E-state index is -4.21. The second kappa shape index (κ2) is 15.0. The number of carbonyl (C=O) groups is 2. The first-order valence-electron chi connectivity index (χ1n) is 14.6. The fourth-order valence-corrected chi connectivity index (χ4v) is 6.96. The molecule has 46 heavy (non-hydrogen) atoms. The van der Waals surface area contributed by atoms with E-state index in [9.17, 15) is 18.0 Å². The maximum atomic E-state index is 14.6. The number of nitrogens with one attached hydrogen (secondary N) is 1. The number of benzene rings is 4. The predicted molar refractivity (Wildman–Crippen MR) is 189 cm³/mol. The number of halogens is 3. The molecule has 1 atom stereocenters. The van der Waals surface area contributed by atoms with E-state index in [0.29, 0.717) is 21.3 Å². The van der Waals surface area contributed by atoms with Gasteiger partial charge in [-0.3, -0.25) is 13.9 Å². The van der Waals surface area contributed by atoms with Crippen LogP contribution in [0.4, 0.5) is 5.69 Å². The summed E-state index contributed by atoms with van der Waals surface area (Å²) in [5.41, 5.74) is 1.97. The molecule has 0 fully saturated rings. The van der Waals surface area contributed by atoms with Crippen LogP contribution in [-0.2, 0) is 32.6 Å². The number of anilines is 1. The van der Waals surface area contributed by atoms with E-state index < -0.39 is 34.1 Å². The first-order valence-corrected chi connectivity index (χ1v) is 17.6. The van der Waals surface area contributed by atoms with Gasteiger partial charge in [0.05, 0.1) is 10.6 Å². The fourth-order valence-electron chi connectivity index (χ4n) is 4.81. The Kier molecular flexibility index (Phi) is 11.6. The lowest BCUT2D eigenvalue weighted by Crippen LogP contribution is -2.56. The van der Waals surface area contributed by atoms with Gasteiger partial charge in [0, 0.05) is 33.0 Å². The van der Waals surface area contributed by atoms with Crippen molar-refractivity contribution in [2.24, 2.45) is 0 Å². The number of hydrogen-bond acceptors (Lipinski definition) is 4. The topological polar surface area (TPSA) is 86.8 Å². The molecule has 0 saturated carbocycles. The molecule has 242 valence electrons. The molecule has 0 heterocycles. The van der Waals surface area contributed by atoms with Gasteiger partial charge >= 0.3 is 0 Å². The summed E-state index contributed by atoms with van der Waals surface area (Å²) >= 11 is 16.1. The van der Waals surface area contributed by atoms with Crippen molar-refractivity contribution in [3.8, 4) is 0 Å². The van der Waals surface area contributed by atoms with Gasteiger partial charge in [0.2, 0.25) is 11.8 Å². The Morgan fingerprint density at radius 2 is 1.52 bits per heavy atom. The molecule has 1 N–H and O–H groups in total. The van der Waals surface area contributed by atoms with E-state index in [1.807, 2.05) is 58.0 Å². The maximum Gasteiger partial charge on any atom is 0.264 e. The summed E-state index contributed by atoms with van der Waals surface area (Å²) in [6, 6.07) is 26.4. The number of rotatable bonds is 11. The van der Waals surface area contributed by atoms with Crippen LogP contribution in [0.1, 0.15) is 37.5 Å². The molecule has 2 amide bonds. The zero-order valence-corrected chi connectivity index (χ0v) is 29.9. The van der Waals surface area contributed by atoms with Crippen LogP contribution in [0.2, 0.25) is 10.0 Å². The second-order valence-corrected chi connectivity index (χ2v) is 15.6. The number of hydrogen-bond donors (Lipinski definition) is 1. The third-order valence-electron chi connectivity index (χ3n) is 7.13. The van der Waals surface area contributed by atoms with Gasteiger partial charge in [-0.15, -0.1) is 0 Å². The molecule has 4 aromatic carbocycles. The van der Waals surface area contributed by atoms with Gasteiger partial charge in [0.1, 0.15) is 12.6 Å². The van der Waals surface area contributed by atoms with Gasteiger partial charge in [-0.1, -0.05) is 93.2 Å². The van der Waals surface area contributed by atoms with E-state index in [4.69, 9.17) is 23.2 Å². The molecule has 0 aliphatic heterocycles. The van der Waals surface area contributed by atoms with Crippen molar-refractivity contribution in [1.82, 2.24) is 10.2 Å². The molecule has 0 spiro atoms. The number of sulfonamides is 1. The molecule has 4 aromatic rings. The Balaban J connectivity index is 1.83. The standard InChI is InChI=1S/C35H36BrCl2N3O4S/c1-24-10-18-30(19-11-24)46(44,45)41(29-16-13-27(36)14-17-29)23-33(42)40(22-26-12-15-28(37)21-31(26)38)32(34(43)39-35(2,3)4)20-25-8-6-5-7-9-25/h5-19,21,32H,20,22-23H2,1-4H3,(H,39,43).